The number of rotatable bonds is 12. The van der Waals surface area contributed by atoms with Gasteiger partial charge in [-0.1, -0.05) is 5.04 Å². The summed E-state index contributed by atoms with van der Waals surface area (Å²) in [5, 5.41) is 52.5. The molecule has 0 aliphatic heterocycles. The summed E-state index contributed by atoms with van der Waals surface area (Å²) in [5.74, 6) is 0.261. The van der Waals surface area contributed by atoms with Gasteiger partial charge in [-0.3, -0.25) is 4.55 Å². The van der Waals surface area contributed by atoms with Crippen molar-refractivity contribution >= 4 is 45.2 Å². The Labute approximate surface area is 186 Å². The first kappa shape index (κ1) is 25.4. The van der Waals surface area contributed by atoms with Crippen LogP contribution in [0.5, 0.6) is 0 Å². The fraction of sp³-hybridized carbons (Fsp3) is 0.250. The SMILES string of the molecule is N#Cc1cc(N=Nc2cc(SOOO)ccc2S(=O)(=O)O)c(NCCO)nc1NCCO. The summed E-state index contributed by atoms with van der Waals surface area (Å²) in [6, 6.07) is 6.71. The number of hydrogen-bond donors (Lipinski definition) is 6. The molecule has 14 nitrogen and oxygen atoms in total. The van der Waals surface area contributed by atoms with Crippen molar-refractivity contribution < 1.29 is 37.8 Å². The Kier molecular flexibility index (Phi) is 9.70. The summed E-state index contributed by atoms with van der Waals surface area (Å²) in [5.41, 5.74) is -0.193. The quantitative estimate of drug-likeness (QED) is 0.0830. The lowest BCUT2D eigenvalue weighted by Gasteiger charge is -2.12. The van der Waals surface area contributed by atoms with Crippen molar-refractivity contribution in [3.8, 4) is 6.07 Å². The molecule has 2 aromatic rings. The minimum Gasteiger partial charge on any atom is -0.395 e. The van der Waals surface area contributed by atoms with Gasteiger partial charge in [-0.15, -0.1) is 14.6 Å². The Morgan fingerprint density at radius 2 is 1.75 bits per heavy atom. The number of nitrogens with one attached hydrogen (secondary N) is 2. The minimum atomic E-state index is -4.66. The highest BCUT2D eigenvalue weighted by Gasteiger charge is 2.18. The van der Waals surface area contributed by atoms with Crippen molar-refractivity contribution in [2.24, 2.45) is 10.2 Å². The molecule has 0 aliphatic rings. The highest BCUT2D eigenvalue weighted by Crippen LogP contribution is 2.34. The molecule has 32 heavy (non-hydrogen) atoms. The Bertz CT molecular complexity index is 1110. The summed E-state index contributed by atoms with van der Waals surface area (Å²) in [7, 11) is -4.66. The van der Waals surface area contributed by atoms with Gasteiger partial charge >= 0.3 is 0 Å². The van der Waals surface area contributed by atoms with E-state index < -0.39 is 15.0 Å². The third-order valence-electron chi connectivity index (χ3n) is 3.57. The molecule has 0 saturated heterocycles. The predicted octanol–water partition coefficient (Wildman–Crippen LogP) is 1.85. The molecule has 16 heteroatoms. The lowest BCUT2D eigenvalue weighted by molar-refractivity contribution is -0.432. The number of aliphatic hydroxyl groups is 2. The molecule has 1 heterocycles. The number of hydrogen-bond acceptors (Lipinski definition) is 14. The van der Waals surface area contributed by atoms with Crippen molar-refractivity contribution in [3.05, 3.63) is 29.8 Å². The summed E-state index contributed by atoms with van der Waals surface area (Å²) < 4.78 is 37.1. The van der Waals surface area contributed by atoms with Crippen LogP contribution < -0.4 is 10.6 Å². The molecule has 2 rings (SSSR count). The van der Waals surface area contributed by atoms with Gasteiger partial charge in [-0.2, -0.15) is 13.7 Å². The topological polar surface area (TPSA) is 219 Å². The number of azo groups is 1. The fourth-order valence-electron chi connectivity index (χ4n) is 2.29. The Morgan fingerprint density at radius 1 is 1.09 bits per heavy atom. The third kappa shape index (κ3) is 7.08. The van der Waals surface area contributed by atoms with E-state index in [9.17, 15) is 18.2 Å². The minimum absolute atomic E-state index is 0.0267. The van der Waals surface area contributed by atoms with E-state index in [4.69, 9.17) is 15.5 Å². The highest BCUT2D eigenvalue weighted by molar-refractivity contribution is 7.94. The smallest absolute Gasteiger partial charge is 0.296 e. The van der Waals surface area contributed by atoms with Gasteiger partial charge in [0, 0.05) is 18.0 Å². The maximum absolute atomic E-state index is 11.7. The number of aliphatic hydroxyl groups excluding tert-OH is 2. The standard InChI is InChI=1S/C16H18N6O8S2/c17-9-10-7-13(16(19-4-6-24)20-15(10)18-3-5-23)22-21-12-8-11(31-30-29-25)1-2-14(12)32(26,27)28/h1-2,7-8,23-25H,3-6H2,(H2,18,19,20)(H,26,27,28). The van der Waals surface area contributed by atoms with Crippen LogP contribution in [0.25, 0.3) is 0 Å². The summed E-state index contributed by atoms with van der Waals surface area (Å²) in [6.45, 7) is -0.229. The van der Waals surface area contributed by atoms with E-state index >= 15 is 0 Å². The van der Waals surface area contributed by atoms with Crippen LogP contribution in [0.4, 0.5) is 23.0 Å². The van der Waals surface area contributed by atoms with Gasteiger partial charge in [-0.25, -0.2) is 10.2 Å². The number of nitriles is 1. The number of nitrogens with zero attached hydrogens (tertiary/aromatic N) is 4. The summed E-state index contributed by atoms with van der Waals surface area (Å²) >= 11 is 0.531. The van der Waals surface area contributed by atoms with Gasteiger partial charge in [0.05, 0.1) is 30.8 Å². The maximum atomic E-state index is 11.7. The van der Waals surface area contributed by atoms with Crippen LogP contribution in [-0.2, 0) is 19.5 Å². The molecule has 0 fully saturated rings. The Hall–Kier alpha value is -2.88. The van der Waals surface area contributed by atoms with Crippen molar-refractivity contribution in [2.45, 2.75) is 9.79 Å². The molecule has 0 unspecified atom stereocenters. The van der Waals surface area contributed by atoms with Crippen LogP contribution in [0.1, 0.15) is 5.56 Å². The lowest BCUT2D eigenvalue weighted by Crippen LogP contribution is -2.12. The highest BCUT2D eigenvalue weighted by atomic mass is 32.2. The maximum Gasteiger partial charge on any atom is 0.296 e. The third-order valence-corrected chi connectivity index (χ3v) is 5.04. The summed E-state index contributed by atoms with van der Waals surface area (Å²) in [6.07, 6.45) is 0. The Balaban J connectivity index is 2.53. The summed E-state index contributed by atoms with van der Waals surface area (Å²) in [4.78, 5) is 3.89. The average Bonchev–Trinajstić information content (AvgIpc) is 2.78. The van der Waals surface area contributed by atoms with Gasteiger partial charge in [0.15, 0.2) is 5.82 Å². The van der Waals surface area contributed by atoms with Crippen LogP contribution in [0, 0.1) is 11.3 Å². The molecule has 1 aromatic carbocycles. The largest absolute Gasteiger partial charge is 0.395 e. The van der Waals surface area contributed by atoms with Crippen LogP contribution >= 0.6 is 12.0 Å². The normalized spacial score (nSPS) is 11.5. The molecule has 0 saturated carbocycles. The van der Waals surface area contributed by atoms with Crippen molar-refractivity contribution in [2.75, 3.05) is 36.9 Å². The second-order valence-corrected chi connectivity index (χ2v) is 7.86. The van der Waals surface area contributed by atoms with Crippen LogP contribution in [0.15, 0.2) is 44.3 Å². The average molecular weight is 486 g/mol. The van der Waals surface area contributed by atoms with Crippen LogP contribution in [-0.4, -0.2) is 59.7 Å². The molecule has 0 atom stereocenters. The molecule has 0 aliphatic carbocycles. The molecule has 0 bridgehead atoms. The lowest BCUT2D eigenvalue weighted by atomic mass is 10.2. The first-order chi connectivity index (χ1) is 15.3. The molecule has 1 aromatic heterocycles. The van der Waals surface area contributed by atoms with Gasteiger partial charge in [-0.05, 0) is 24.3 Å². The monoisotopic (exact) mass is 486 g/mol. The van der Waals surface area contributed by atoms with E-state index in [1.165, 1.54) is 18.2 Å². The second-order valence-electron chi connectivity index (χ2n) is 5.70. The van der Waals surface area contributed by atoms with Crippen molar-refractivity contribution in [3.63, 3.8) is 0 Å². The first-order valence-electron chi connectivity index (χ1n) is 8.66. The van der Waals surface area contributed by atoms with Crippen LogP contribution in [0.3, 0.4) is 0 Å². The number of pyridine rings is 1. The zero-order valence-corrected chi connectivity index (χ0v) is 17.8. The molecule has 0 radical (unpaired) electrons. The van der Waals surface area contributed by atoms with E-state index in [0.29, 0.717) is 12.0 Å². The van der Waals surface area contributed by atoms with E-state index in [1.54, 1.807) is 0 Å². The van der Waals surface area contributed by atoms with E-state index in [0.717, 1.165) is 6.07 Å². The fourth-order valence-corrected chi connectivity index (χ4v) is 3.28. The second kappa shape index (κ2) is 12.2. The first-order valence-corrected chi connectivity index (χ1v) is 10.8. The number of aromatic nitrogens is 1. The zero-order chi connectivity index (χ0) is 23.6. The van der Waals surface area contributed by atoms with Crippen molar-refractivity contribution in [1.29, 1.82) is 5.26 Å². The van der Waals surface area contributed by atoms with Crippen molar-refractivity contribution in [1.82, 2.24) is 4.98 Å². The predicted molar refractivity (Wildman–Crippen MR) is 111 cm³/mol. The zero-order valence-electron chi connectivity index (χ0n) is 16.2. The Morgan fingerprint density at radius 3 is 2.34 bits per heavy atom. The molecular formula is C16H18N6O8S2. The van der Waals surface area contributed by atoms with Gasteiger partial charge in [0.25, 0.3) is 10.1 Å². The molecule has 6 N–H and O–H groups in total. The van der Waals surface area contributed by atoms with Gasteiger partial charge in [0.2, 0.25) is 0 Å². The molecule has 172 valence electrons. The number of anilines is 2. The van der Waals surface area contributed by atoms with E-state index in [2.05, 4.69) is 35.2 Å². The molecule has 0 amide bonds. The van der Waals surface area contributed by atoms with Crippen LogP contribution in [0.2, 0.25) is 0 Å². The number of benzene rings is 1. The van der Waals surface area contributed by atoms with E-state index in [1.807, 2.05) is 6.07 Å². The molecule has 0 spiro atoms. The van der Waals surface area contributed by atoms with E-state index in [-0.39, 0.29) is 59.8 Å². The van der Waals surface area contributed by atoms with Gasteiger partial charge < -0.3 is 20.8 Å². The molecular weight excluding hydrogens is 468 g/mol. The van der Waals surface area contributed by atoms with Gasteiger partial charge in [0.1, 0.15) is 28.2 Å².